The summed E-state index contributed by atoms with van der Waals surface area (Å²) in [6.07, 6.45) is 3.30. The number of hydrogen-bond donors (Lipinski definition) is 1. The second-order valence-corrected chi connectivity index (χ2v) is 5.68. The van der Waals surface area contributed by atoms with Crippen LogP contribution in [0.1, 0.15) is 5.56 Å². The Morgan fingerprint density at radius 2 is 2.08 bits per heavy atom. The number of furan rings is 1. The molecule has 0 unspecified atom stereocenters. The van der Waals surface area contributed by atoms with Crippen molar-refractivity contribution in [3.63, 3.8) is 0 Å². The molecule has 4 rings (SSSR count). The molecule has 0 aliphatic carbocycles. The summed E-state index contributed by atoms with van der Waals surface area (Å²) in [7, 11) is 1.64. The standard InChI is InChI=1S/C18H14N4O2S/c1-23-15-9-8-12-5-2-3-6-13(12)14(15)11-19-22-17(20-21-18(22)25)16-7-4-10-24-16/h2-11H,1H3,(H,21,25)/b19-11+. The molecule has 0 saturated carbocycles. The van der Waals surface area contributed by atoms with Gasteiger partial charge in [0, 0.05) is 5.56 Å². The summed E-state index contributed by atoms with van der Waals surface area (Å²) >= 11 is 5.28. The van der Waals surface area contributed by atoms with E-state index in [-0.39, 0.29) is 0 Å². The first-order valence-corrected chi connectivity index (χ1v) is 8.00. The van der Waals surface area contributed by atoms with Gasteiger partial charge in [-0.05, 0) is 41.2 Å². The van der Waals surface area contributed by atoms with Crippen molar-refractivity contribution in [3.8, 4) is 17.3 Å². The third-order valence-electron chi connectivity index (χ3n) is 3.84. The molecule has 124 valence electrons. The Kier molecular flexibility index (Phi) is 3.91. The summed E-state index contributed by atoms with van der Waals surface area (Å²) in [6.45, 7) is 0. The van der Waals surface area contributed by atoms with Gasteiger partial charge in [0.15, 0.2) is 5.76 Å². The van der Waals surface area contributed by atoms with E-state index in [2.05, 4.69) is 15.3 Å². The Labute approximate surface area is 148 Å². The topological polar surface area (TPSA) is 68.3 Å². The van der Waals surface area contributed by atoms with E-state index in [1.807, 2.05) is 36.4 Å². The smallest absolute Gasteiger partial charge is 0.219 e. The van der Waals surface area contributed by atoms with Gasteiger partial charge in [-0.2, -0.15) is 9.78 Å². The lowest BCUT2D eigenvalue weighted by Crippen LogP contribution is -1.97. The van der Waals surface area contributed by atoms with Gasteiger partial charge >= 0.3 is 0 Å². The first-order valence-electron chi connectivity index (χ1n) is 7.59. The van der Waals surface area contributed by atoms with Crippen molar-refractivity contribution in [2.75, 3.05) is 7.11 Å². The summed E-state index contributed by atoms with van der Waals surface area (Å²) < 4.78 is 12.8. The van der Waals surface area contributed by atoms with Crippen molar-refractivity contribution in [1.29, 1.82) is 0 Å². The molecule has 1 N–H and O–H groups in total. The van der Waals surface area contributed by atoms with Gasteiger partial charge in [-0.3, -0.25) is 0 Å². The van der Waals surface area contributed by atoms with Crippen LogP contribution in [0, 0.1) is 4.77 Å². The fraction of sp³-hybridized carbons (Fsp3) is 0.0556. The molecule has 0 bridgehead atoms. The van der Waals surface area contributed by atoms with Crippen LogP contribution in [0.15, 0.2) is 64.3 Å². The molecule has 6 nitrogen and oxygen atoms in total. The van der Waals surface area contributed by atoms with Crippen LogP contribution in [0.3, 0.4) is 0 Å². The number of H-pyrrole nitrogens is 1. The number of nitrogens with one attached hydrogen (secondary N) is 1. The predicted octanol–water partition coefficient (Wildman–Crippen LogP) is 4.24. The normalized spacial score (nSPS) is 11.4. The quantitative estimate of drug-likeness (QED) is 0.441. The molecule has 7 heteroatoms. The molecular formula is C18H14N4O2S. The van der Waals surface area contributed by atoms with Crippen LogP contribution < -0.4 is 4.74 Å². The van der Waals surface area contributed by atoms with Gasteiger partial charge in [-0.25, -0.2) is 5.10 Å². The van der Waals surface area contributed by atoms with Gasteiger partial charge in [0.05, 0.1) is 19.6 Å². The van der Waals surface area contributed by atoms with Crippen molar-refractivity contribution in [1.82, 2.24) is 14.9 Å². The molecule has 0 aliphatic heterocycles. The minimum Gasteiger partial charge on any atom is -0.496 e. The van der Waals surface area contributed by atoms with Gasteiger partial charge in [-0.1, -0.05) is 30.3 Å². The third-order valence-corrected chi connectivity index (χ3v) is 4.11. The second-order valence-electron chi connectivity index (χ2n) is 5.29. The molecule has 25 heavy (non-hydrogen) atoms. The highest BCUT2D eigenvalue weighted by Gasteiger charge is 2.11. The first-order chi connectivity index (χ1) is 12.3. The van der Waals surface area contributed by atoms with E-state index in [1.54, 1.807) is 31.7 Å². The van der Waals surface area contributed by atoms with E-state index in [1.165, 1.54) is 4.68 Å². The maximum absolute atomic E-state index is 5.49. The summed E-state index contributed by atoms with van der Waals surface area (Å²) in [4.78, 5) is 0. The number of ether oxygens (including phenoxy) is 1. The lowest BCUT2D eigenvalue weighted by atomic mass is 10.0. The average Bonchev–Trinajstić information content (AvgIpc) is 3.29. The van der Waals surface area contributed by atoms with Crippen LogP contribution in [-0.4, -0.2) is 28.2 Å². The van der Waals surface area contributed by atoms with E-state index in [9.17, 15) is 0 Å². The number of aromatic amines is 1. The van der Waals surface area contributed by atoms with Crippen molar-refractivity contribution in [2.24, 2.45) is 5.10 Å². The highest BCUT2D eigenvalue weighted by molar-refractivity contribution is 7.71. The monoisotopic (exact) mass is 350 g/mol. The molecule has 0 aliphatic rings. The molecule has 0 spiro atoms. The Morgan fingerprint density at radius 3 is 2.88 bits per heavy atom. The molecule has 0 amide bonds. The zero-order valence-electron chi connectivity index (χ0n) is 13.3. The van der Waals surface area contributed by atoms with E-state index in [4.69, 9.17) is 21.4 Å². The predicted molar refractivity (Wildman–Crippen MR) is 98.6 cm³/mol. The highest BCUT2D eigenvalue weighted by Crippen LogP contribution is 2.26. The lowest BCUT2D eigenvalue weighted by molar-refractivity contribution is 0.415. The number of aromatic nitrogens is 3. The van der Waals surface area contributed by atoms with E-state index in [0.717, 1.165) is 22.1 Å². The van der Waals surface area contributed by atoms with Gasteiger partial charge in [0.2, 0.25) is 10.6 Å². The van der Waals surface area contributed by atoms with E-state index < -0.39 is 0 Å². The number of benzene rings is 2. The van der Waals surface area contributed by atoms with Gasteiger partial charge in [0.25, 0.3) is 0 Å². The molecule has 0 atom stereocenters. The number of hydrogen-bond acceptors (Lipinski definition) is 5. The second kappa shape index (κ2) is 6.37. The number of rotatable bonds is 4. The summed E-state index contributed by atoms with van der Waals surface area (Å²) in [5.41, 5.74) is 0.870. The van der Waals surface area contributed by atoms with Gasteiger partial charge in [0.1, 0.15) is 5.75 Å². The fourth-order valence-electron chi connectivity index (χ4n) is 2.67. The molecule has 0 fully saturated rings. The summed E-state index contributed by atoms with van der Waals surface area (Å²) in [5, 5.41) is 13.6. The molecule has 2 aromatic heterocycles. The summed E-state index contributed by atoms with van der Waals surface area (Å²) in [5.74, 6) is 1.82. The first kappa shape index (κ1) is 15.3. The van der Waals surface area contributed by atoms with Crippen molar-refractivity contribution < 1.29 is 9.15 Å². The largest absolute Gasteiger partial charge is 0.496 e. The Bertz CT molecular complexity index is 1110. The minimum absolute atomic E-state index is 0.377. The SMILES string of the molecule is COc1ccc2ccccc2c1/C=N/n1c(-c2ccco2)n[nH]c1=S. The highest BCUT2D eigenvalue weighted by atomic mass is 32.1. The zero-order chi connectivity index (χ0) is 17.2. The maximum atomic E-state index is 5.49. The fourth-order valence-corrected chi connectivity index (χ4v) is 2.85. The minimum atomic E-state index is 0.377. The van der Waals surface area contributed by atoms with Crippen LogP contribution in [0.2, 0.25) is 0 Å². The van der Waals surface area contributed by atoms with Crippen LogP contribution in [-0.2, 0) is 0 Å². The van der Waals surface area contributed by atoms with Crippen LogP contribution in [0.4, 0.5) is 0 Å². The number of fused-ring (bicyclic) bond motifs is 1. The molecular weight excluding hydrogens is 336 g/mol. The molecule has 2 heterocycles. The lowest BCUT2D eigenvalue weighted by Gasteiger charge is -2.08. The van der Waals surface area contributed by atoms with E-state index in [0.29, 0.717) is 16.4 Å². The Hall–Kier alpha value is -3.19. The van der Waals surface area contributed by atoms with Crippen molar-refractivity contribution >= 4 is 29.2 Å². The molecule has 0 radical (unpaired) electrons. The molecule has 4 aromatic rings. The molecule has 0 saturated heterocycles. The Morgan fingerprint density at radius 1 is 1.20 bits per heavy atom. The van der Waals surface area contributed by atoms with Crippen LogP contribution in [0.5, 0.6) is 5.75 Å². The van der Waals surface area contributed by atoms with Crippen molar-refractivity contribution in [3.05, 3.63) is 65.1 Å². The van der Waals surface area contributed by atoms with E-state index >= 15 is 0 Å². The van der Waals surface area contributed by atoms with Gasteiger partial charge < -0.3 is 9.15 Å². The summed E-state index contributed by atoms with van der Waals surface area (Å²) in [6, 6.07) is 15.6. The average molecular weight is 350 g/mol. The van der Waals surface area contributed by atoms with Crippen LogP contribution in [0.25, 0.3) is 22.4 Å². The Balaban J connectivity index is 1.85. The third kappa shape index (κ3) is 2.74. The van der Waals surface area contributed by atoms with Crippen molar-refractivity contribution in [2.45, 2.75) is 0 Å². The maximum Gasteiger partial charge on any atom is 0.219 e. The number of nitrogens with zero attached hydrogens (tertiary/aromatic N) is 3. The van der Waals surface area contributed by atoms with Crippen LogP contribution >= 0.6 is 12.2 Å². The van der Waals surface area contributed by atoms with Gasteiger partial charge in [-0.15, -0.1) is 5.10 Å². The zero-order valence-corrected chi connectivity index (χ0v) is 14.2. The molecule has 2 aromatic carbocycles. The number of methoxy groups -OCH3 is 1.